The van der Waals surface area contributed by atoms with E-state index < -0.39 is 28.1 Å². The summed E-state index contributed by atoms with van der Waals surface area (Å²) in [4.78, 5) is 29.7. The highest BCUT2D eigenvalue weighted by molar-refractivity contribution is 7.94. The molecule has 41 heavy (non-hydrogen) atoms. The maximum absolute atomic E-state index is 13.6. The molecule has 0 radical (unpaired) electrons. The topological polar surface area (TPSA) is 138 Å². The lowest BCUT2D eigenvalue weighted by Gasteiger charge is -2.38. The minimum absolute atomic E-state index is 0.0632. The lowest BCUT2D eigenvalue weighted by molar-refractivity contribution is 0.0373. The summed E-state index contributed by atoms with van der Waals surface area (Å²) < 4.78 is 40.4. The van der Waals surface area contributed by atoms with Gasteiger partial charge in [-0.3, -0.25) is 9.52 Å². The largest absolute Gasteiger partial charge is 0.497 e. The highest BCUT2D eigenvalue weighted by atomic mass is 32.2. The molecule has 3 N–H and O–H groups in total. The highest BCUT2D eigenvalue weighted by Gasteiger charge is 2.35. The van der Waals surface area contributed by atoms with Crippen molar-refractivity contribution in [3.63, 3.8) is 0 Å². The predicted octanol–water partition coefficient (Wildman–Crippen LogP) is 3.94. The molecule has 0 spiro atoms. The number of nitrogens with zero attached hydrogens (tertiary/aromatic N) is 2. The van der Waals surface area contributed by atoms with Gasteiger partial charge in [0.15, 0.2) is 5.75 Å². The number of rotatable bonds is 9. The summed E-state index contributed by atoms with van der Waals surface area (Å²) in [5.74, 6) is 0.0377. The van der Waals surface area contributed by atoms with Crippen molar-refractivity contribution in [3.05, 3.63) is 65.5 Å². The summed E-state index contributed by atoms with van der Waals surface area (Å²) in [5, 5.41) is 14.4. The molecule has 0 aliphatic carbocycles. The van der Waals surface area contributed by atoms with Crippen LogP contribution in [-0.2, 0) is 10.0 Å². The van der Waals surface area contributed by atoms with Crippen LogP contribution in [0, 0.1) is 5.92 Å². The minimum atomic E-state index is -3.94. The van der Waals surface area contributed by atoms with E-state index in [4.69, 9.17) is 9.47 Å². The summed E-state index contributed by atoms with van der Waals surface area (Å²) in [6.07, 6.45) is -0.630. The molecule has 1 aliphatic heterocycles. The lowest BCUT2D eigenvalue weighted by Crippen LogP contribution is -2.50. The fraction of sp³-hybridized carbons (Fsp3) is 0.357. The van der Waals surface area contributed by atoms with Crippen molar-refractivity contribution in [1.29, 1.82) is 0 Å². The average Bonchev–Trinajstić information content (AvgIpc) is 3.51. The van der Waals surface area contributed by atoms with Crippen LogP contribution in [0.4, 0.5) is 16.2 Å². The molecule has 0 bridgehead atoms. The van der Waals surface area contributed by atoms with E-state index >= 15 is 0 Å². The van der Waals surface area contributed by atoms with Crippen molar-refractivity contribution in [3.8, 4) is 11.5 Å². The van der Waals surface area contributed by atoms with Gasteiger partial charge in [-0.15, -0.1) is 11.3 Å². The Morgan fingerprint density at radius 1 is 1.22 bits per heavy atom. The monoisotopic (exact) mass is 602 g/mol. The van der Waals surface area contributed by atoms with E-state index in [9.17, 15) is 23.1 Å². The summed E-state index contributed by atoms with van der Waals surface area (Å²) in [7, 11) is -0.759. The zero-order valence-electron chi connectivity index (χ0n) is 23.2. The zero-order chi connectivity index (χ0) is 29.7. The zero-order valence-corrected chi connectivity index (χ0v) is 24.9. The van der Waals surface area contributed by atoms with Gasteiger partial charge in [0.05, 0.1) is 37.6 Å². The van der Waals surface area contributed by atoms with Gasteiger partial charge in [0.2, 0.25) is 0 Å². The number of carbonyl (C=O) groups is 2. The van der Waals surface area contributed by atoms with Crippen LogP contribution in [0.15, 0.2) is 64.2 Å². The van der Waals surface area contributed by atoms with Gasteiger partial charge in [0.1, 0.15) is 16.1 Å². The van der Waals surface area contributed by atoms with Gasteiger partial charge in [-0.2, -0.15) is 0 Å². The van der Waals surface area contributed by atoms with Crippen molar-refractivity contribution in [2.24, 2.45) is 5.92 Å². The van der Waals surface area contributed by atoms with Crippen molar-refractivity contribution >= 4 is 44.7 Å². The third-order valence-corrected chi connectivity index (χ3v) is 9.60. The van der Waals surface area contributed by atoms with Crippen molar-refractivity contribution in [2.45, 2.75) is 30.2 Å². The highest BCUT2D eigenvalue weighted by Crippen LogP contribution is 2.36. The van der Waals surface area contributed by atoms with Crippen LogP contribution in [0.5, 0.6) is 11.5 Å². The van der Waals surface area contributed by atoms with Crippen molar-refractivity contribution in [1.82, 2.24) is 9.80 Å². The number of sulfonamides is 1. The van der Waals surface area contributed by atoms with Gasteiger partial charge in [0, 0.05) is 25.2 Å². The van der Waals surface area contributed by atoms with E-state index in [1.54, 1.807) is 73.8 Å². The molecule has 11 nitrogen and oxygen atoms in total. The maximum atomic E-state index is 13.6. The molecule has 0 unspecified atom stereocenters. The molecule has 0 fully saturated rings. The first-order valence-electron chi connectivity index (χ1n) is 13.0. The van der Waals surface area contributed by atoms with E-state index in [0.717, 1.165) is 11.3 Å². The number of likely N-dealkylation sites (N-methyl/N-ethyl adjacent to an activating group) is 1. The number of ether oxygens (including phenoxy) is 2. The Kier molecular flexibility index (Phi) is 9.41. The number of para-hydroxylation sites is 1. The van der Waals surface area contributed by atoms with Gasteiger partial charge in [-0.1, -0.05) is 19.1 Å². The van der Waals surface area contributed by atoms with E-state index in [-0.39, 0.29) is 52.9 Å². The first-order chi connectivity index (χ1) is 19.5. The van der Waals surface area contributed by atoms with E-state index in [2.05, 4.69) is 10.0 Å². The van der Waals surface area contributed by atoms with Crippen LogP contribution in [-0.4, -0.2) is 81.3 Å². The Balaban J connectivity index is 1.65. The molecule has 220 valence electrons. The second kappa shape index (κ2) is 12.8. The third-order valence-electron chi connectivity index (χ3n) is 6.84. The van der Waals surface area contributed by atoms with E-state index in [1.807, 2.05) is 6.92 Å². The molecule has 1 aliphatic rings. The Bertz CT molecular complexity index is 1460. The fourth-order valence-corrected chi connectivity index (χ4v) is 6.45. The van der Waals surface area contributed by atoms with Crippen molar-refractivity contribution < 1.29 is 32.6 Å². The summed E-state index contributed by atoms with van der Waals surface area (Å²) in [5.41, 5.74) is 0.836. The van der Waals surface area contributed by atoms with Gasteiger partial charge in [-0.25, -0.2) is 13.2 Å². The van der Waals surface area contributed by atoms with Crippen molar-refractivity contribution in [2.75, 3.05) is 43.9 Å². The van der Waals surface area contributed by atoms with Crippen LogP contribution >= 0.6 is 11.3 Å². The Labute approximate surface area is 243 Å². The number of aliphatic hydroxyl groups excluding tert-OH is 1. The molecule has 0 saturated heterocycles. The number of thiophene rings is 1. The maximum Gasteiger partial charge on any atom is 0.321 e. The van der Waals surface area contributed by atoms with Gasteiger partial charge in [0.25, 0.3) is 15.9 Å². The van der Waals surface area contributed by atoms with Crippen LogP contribution in [0.2, 0.25) is 0 Å². The molecular formula is C28H34N4O7S2. The lowest BCUT2D eigenvalue weighted by atomic mass is 9.99. The normalized spacial score (nSPS) is 17.9. The number of benzene rings is 2. The number of carbonyl (C=O) groups excluding carboxylic acids is 2. The number of methoxy groups -OCH3 is 1. The molecule has 4 rings (SSSR count). The van der Waals surface area contributed by atoms with Crippen LogP contribution in [0.3, 0.4) is 0 Å². The quantitative estimate of drug-likeness (QED) is 0.337. The standard InChI is InChI=1S/C28H34N4O7S2/c1-18-15-32(19(2)17-33)27(34)22-7-5-8-23(30-41(36,37)25-9-6-14-40-25)26(22)39-24(18)16-31(3)28(35)29-20-10-12-21(38-4)13-11-20/h5-14,18-19,24,30,33H,15-17H2,1-4H3,(H,29,35)/t18-,19+,24-/m1/s1. The fourth-order valence-electron chi connectivity index (χ4n) is 4.40. The van der Waals surface area contributed by atoms with Crippen LogP contribution in [0.1, 0.15) is 24.2 Å². The summed E-state index contributed by atoms with van der Waals surface area (Å²) in [6.45, 7) is 3.75. The Hall–Kier alpha value is -3.81. The molecule has 2 aromatic carbocycles. The first-order valence-corrected chi connectivity index (χ1v) is 15.3. The molecule has 3 atom stereocenters. The molecule has 3 amide bonds. The van der Waals surface area contributed by atoms with Crippen LogP contribution < -0.4 is 19.5 Å². The molecule has 1 aromatic heterocycles. The number of hydrogen-bond donors (Lipinski definition) is 3. The molecule has 2 heterocycles. The molecule has 13 heteroatoms. The number of fused-ring (bicyclic) bond motifs is 1. The molecular weight excluding hydrogens is 568 g/mol. The summed E-state index contributed by atoms with van der Waals surface area (Å²) in [6, 6.07) is 13.8. The van der Waals surface area contributed by atoms with Gasteiger partial charge in [-0.05, 0) is 54.8 Å². The smallest absolute Gasteiger partial charge is 0.321 e. The minimum Gasteiger partial charge on any atom is -0.497 e. The van der Waals surface area contributed by atoms with Crippen LogP contribution in [0.25, 0.3) is 0 Å². The number of anilines is 2. The number of amides is 3. The molecule has 3 aromatic rings. The first kappa shape index (κ1) is 30.2. The number of urea groups is 1. The summed E-state index contributed by atoms with van der Waals surface area (Å²) >= 11 is 1.06. The molecule has 0 saturated carbocycles. The average molecular weight is 603 g/mol. The Morgan fingerprint density at radius 2 is 1.95 bits per heavy atom. The van der Waals surface area contributed by atoms with E-state index in [1.165, 1.54) is 17.0 Å². The SMILES string of the molecule is COc1ccc(NC(=O)N(C)C[C@H]2Oc3c(NS(=O)(=O)c4cccs4)cccc3C(=O)N([C@@H](C)CO)C[C@H]2C)cc1. The number of nitrogens with one attached hydrogen (secondary N) is 2. The number of aliphatic hydroxyl groups is 1. The second-order valence-electron chi connectivity index (χ2n) is 9.88. The Morgan fingerprint density at radius 3 is 2.59 bits per heavy atom. The van der Waals surface area contributed by atoms with E-state index in [0.29, 0.717) is 11.4 Å². The van der Waals surface area contributed by atoms with Gasteiger partial charge < -0.3 is 29.7 Å². The van der Waals surface area contributed by atoms with Gasteiger partial charge >= 0.3 is 6.03 Å². The number of hydrogen-bond acceptors (Lipinski definition) is 8. The predicted molar refractivity (Wildman–Crippen MR) is 157 cm³/mol. The third kappa shape index (κ3) is 6.92. The second-order valence-corrected chi connectivity index (χ2v) is 12.7.